The van der Waals surface area contributed by atoms with Crippen LogP contribution in [0.2, 0.25) is 15.1 Å². The van der Waals surface area contributed by atoms with Crippen LogP contribution in [0, 0.1) is 0 Å². The minimum absolute atomic E-state index is 0.414. The quantitative estimate of drug-likeness (QED) is 0.114. The molecule has 4 aliphatic rings. The van der Waals surface area contributed by atoms with Crippen molar-refractivity contribution < 1.29 is 0 Å². The topological polar surface area (TPSA) is 36.1 Å². The van der Waals surface area contributed by atoms with Gasteiger partial charge in [-0.2, -0.15) is 0 Å². The molecular weight excluding hydrogens is 1220 g/mol. The van der Waals surface area contributed by atoms with E-state index in [1.807, 2.05) is 24.3 Å². The van der Waals surface area contributed by atoms with Crippen molar-refractivity contribution >= 4 is 68.9 Å². The number of benzene rings is 14. The molecule has 0 amide bonds. The summed E-state index contributed by atoms with van der Waals surface area (Å²) in [7, 11) is 0. The van der Waals surface area contributed by atoms with Crippen molar-refractivity contribution in [2.45, 2.75) is 29.6 Å². The zero-order valence-corrected chi connectivity index (χ0v) is 54.1. The zero-order valence-electron chi connectivity index (χ0n) is 51.9. The molecule has 2 atom stereocenters. The third-order valence-corrected chi connectivity index (χ3v) is 21.8. The molecule has 3 nitrogen and oxygen atoms in total. The van der Waals surface area contributed by atoms with Crippen LogP contribution in [0.1, 0.15) is 68.1 Å². The molecule has 0 saturated heterocycles. The standard InChI is InChI=1S/C89H60Cl3N3/c1-87(54-55-46-48-75(91)81(50-55)94-80-45-22-39-71-85(80)63-32-13-16-35-67(63)88(71,59-26-7-3-8-27-59)60-28-9-4-10-29-60)66-34-15-11-30-61(66)84-70(87)38-21-43-78(84)95-82-53-57(47-49-76(82)92)65-51-58(56-24-5-2-6-25-56)52-73-83(65)62-31-12-17-36-68(62)89(73)69-37-18-14-33-64(69)86-72(89)40-23-44-79(86)93-77-42-20-19-41-74(77)90/h2-53,93-95H,54H2,1H3. The number of rotatable bonds is 12. The summed E-state index contributed by atoms with van der Waals surface area (Å²) in [5, 5.41) is 13.7. The van der Waals surface area contributed by atoms with Crippen molar-refractivity contribution in [2.75, 3.05) is 16.0 Å². The van der Waals surface area contributed by atoms with E-state index in [0.717, 1.165) is 62.8 Å². The summed E-state index contributed by atoms with van der Waals surface area (Å²) < 4.78 is 0. The van der Waals surface area contributed by atoms with Crippen LogP contribution in [0.15, 0.2) is 315 Å². The Balaban J connectivity index is 0.729. The predicted molar refractivity (Wildman–Crippen MR) is 397 cm³/mol. The van der Waals surface area contributed by atoms with Gasteiger partial charge in [-0.3, -0.25) is 0 Å². The number of nitrogens with one attached hydrogen (secondary N) is 3. The van der Waals surface area contributed by atoms with Crippen molar-refractivity contribution in [2.24, 2.45) is 0 Å². The molecule has 3 N–H and O–H groups in total. The first-order chi connectivity index (χ1) is 46.7. The van der Waals surface area contributed by atoms with Gasteiger partial charge in [-0.25, -0.2) is 0 Å². The fourth-order valence-electron chi connectivity index (χ4n) is 16.9. The molecule has 2 unspecified atom stereocenters. The van der Waals surface area contributed by atoms with Gasteiger partial charge in [0.2, 0.25) is 0 Å². The van der Waals surface area contributed by atoms with Crippen molar-refractivity contribution in [1.82, 2.24) is 0 Å². The molecule has 18 rings (SSSR count). The summed E-state index contributed by atoms with van der Waals surface area (Å²) in [6, 6.07) is 114. The average molecular weight is 1280 g/mol. The first-order valence-electron chi connectivity index (χ1n) is 32.5. The van der Waals surface area contributed by atoms with Gasteiger partial charge in [0.25, 0.3) is 0 Å². The Hall–Kier alpha value is -10.7. The second-order valence-corrected chi connectivity index (χ2v) is 27.0. The van der Waals surface area contributed by atoms with E-state index in [9.17, 15) is 0 Å². The minimum Gasteiger partial charge on any atom is -0.354 e. The summed E-state index contributed by atoms with van der Waals surface area (Å²) >= 11 is 21.7. The highest BCUT2D eigenvalue weighted by molar-refractivity contribution is 6.34. The Labute approximate surface area is 569 Å². The van der Waals surface area contributed by atoms with Crippen LogP contribution < -0.4 is 16.0 Å². The van der Waals surface area contributed by atoms with Crippen LogP contribution in [0.25, 0.3) is 66.8 Å². The summed E-state index contributed by atoms with van der Waals surface area (Å²) in [6.07, 6.45) is 0.726. The monoisotopic (exact) mass is 1280 g/mol. The molecular formula is C89H60Cl3N3. The first kappa shape index (κ1) is 57.0. The normalized spacial score (nSPS) is 16.0. The van der Waals surface area contributed by atoms with E-state index in [1.54, 1.807) is 0 Å². The van der Waals surface area contributed by atoms with Gasteiger partial charge in [-0.15, -0.1) is 0 Å². The number of para-hydroxylation sites is 1. The highest BCUT2D eigenvalue weighted by atomic mass is 35.5. The SMILES string of the molecule is CC1(Cc2ccc(Cl)c(Nc3cccc4c3-c3ccccc3C4(c3ccccc3)c3ccccc3)c2)c2ccccc2-c2c(Nc3cc(-c4cc(-c5ccccc5)cc5c4-c4ccccc4C54c5ccccc5-c5c(Nc6ccccc6Cl)cccc54)ccc3Cl)cccc21. The van der Waals surface area contributed by atoms with Crippen molar-refractivity contribution in [3.8, 4) is 66.8 Å². The molecule has 14 aromatic carbocycles. The Bertz CT molecular complexity index is 5410. The maximum atomic E-state index is 7.49. The highest BCUT2D eigenvalue weighted by Crippen LogP contribution is 2.66. The van der Waals surface area contributed by atoms with Gasteiger partial charge in [-0.05, 0) is 184 Å². The van der Waals surface area contributed by atoms with Crippen LogP contribution >= 0.6 is 34.8 Å². The van der Waals surface area contributed by atoms with Crippen molar-refractivity contribution in [3.63, 3.8) is 0 Å². The van der Waals surface area contributed by atoms with Crippen molar-refractivity contribution in [3.05, 3.63) is 392 Å². The van der Waals surface area contributed by atoms with Gasteiger partial charge in [-0.1, -0.05) is 290 Å². The Morgan fingerprint density at radius 2 is 0.663 bits per heavy atom. The second kappa shape index (κ2) is 22.3. The Morgan fingerprint density at radius 3 is 1.25 bits per heavy atom. The van der Waals surface area contributed by atoms with Crippen LogP contribution in [0.5, 0.6) is 0 Å². The van der Waals surface area contributed by atoms with Gasteiger partial charge < -0.3 is 16.0 Å². The van der Waals surface area contributed by atoms with E-state index in [4.69, 9.17) is 34.8 Å². The molecule has 6 heteroatoms. The van der Waals surface area contributed by atoms with Crippen LogP contribution in [0.3, 0.4) is 0 Å². The zero-order chi connectivity index (χ0) is 63.6. The Kier molecular flexibility index (Phi) is 13.4. The van der Waals surface area contributed by atoms with E-state index in [-0.39, 0.29) is 0 Å². The summed E-state index contributed by atoms with van der Waals surface area (Å²) in [5.74, 6) is 0. The fraction of sp³-hybridized carbons (Fsp3) is 0.0562. The van der Waals surface area contributed by atoms with Crippen LogP contribution in [-0.2, 0) is 22.7 Å². The molecule has 0 fully saturated rings. The predicted octanol–water partition coefficient (Wildman–Crippen LogP) is 24.4. The summed E-state index contributed by atoms with van der Waals surface area (Å²) in [4.78, 5) is 0. The number of anilines is 6. The van der Waals surface area contributed by atoms with E-state index in [1.165, 1.54) is 106 Å². The van der Waals surface area contributed by atoms with Gasteiger partial charge >= 0.3 is 0 Å². The van der Waals surface area contributed by atoms with Crippen molar-refractivity contribution in [1.29, 1.82) is 0 Å². The summed E-state index contributed by atoms with van der Waals surface area (Å²) in [5.41, 5.74) is 31.6. The van der Waals surface area contributed by atoms with E-state index >= 15 is 0 Å². The molecule has 1 spiro atoms. The number of hydrogen-bond donors (Lipinski definition) is 3. The lowest BCUT2D eigenvalue weighted by atomic mass is 9.68. The molecule has 0 aromatic heterocycles. The molecule has 452 valence electrons. The third kappa shape index (κ3) is 8.59. The highest BCUT2D eigenvalue weighted by Gasteiger charge is 2.53. The van der Waals surface area contributed by atoms with Gasteiger partial charge in [0.15, 0.2) is 0 Å². The lowest BCUT2D eigenvalue weighted by Gasteiger charge is -2.34. The summed E-state index contributed by atoms with van der Waals surface area (Å²) in [6.45, 7) is 2.40. The number of hydrogen-bond acceptors (Lipinski definition) is 3. The fourth-order valence-corrected chi connectivity index (χ4v) is 17.4. The maximum Gasteiger partial charge on any atom is 0.0726 e. The lowest BCUT2D eigenvalue weighted by molar-refractivity contribution is 0.583. The van der Waals surface area contributed by atoms with E-state index in [2.05, 4.69) is 314 Å². The average Bonchev–Trinajstić information content (AvgIpc) is 1.51. The van der Waals surface area contributed by atoms with Gasteiger partial charge in [0.05, 0.1) is 43.0 Å². The number of halogens is 3. The molecule has 4 aliphatic carbocycles. The molecule has 0 radical (unpaired) electrons. The first-order valence-corrected chi connectivity index (χ1v) is 33.6. The lowest BCUT2D eigenvalue weighted by Crippen LogP contribution is -2.28. The van der Waals surface area contributed by atoms with Gasteiger partial charge in [0, 0.05) is 39.2 Å². The third-order valence-electron chi connectivity index (χ3n) is 20.8. The molecule has 0 aliphatic heterocycles. The maximum absolute atomic E-state index is 7.49. The van der Waals surface area contributed by atoms with Crippen LogP contribution in [0.4, 0.5) is 34.1 Å². The number of fused-ring (bicyclic) bond motifs is 16. The molecule has 0 heterocycles. The minimum atomic E-state index is -0.647. The molecule has 14 aromatic rings. The molecule has 95 heavy (non-hydrogen) atoms. The largest absolute Gasteiger partial charge is 0.354 e. The smallest absolute Gasteiger partial charge is 0.0726 e. The van der Waals surface area contributed by atoms with E-state index in [0.29, 0.717) is 15.1 Å². The van der Waals surface area contributed by atoms with Crippen LogP contribution in [-0.4, -0.2) is 0 Å². The Morgan fingerprint density at radius 1 is 0.253 bits per heavy atom. The van der Waals surface area contributed by atoms with E-state index < -0.39 is 16.2 Å². The molecule has 0 bridgehead atoms. The molecule has 0 saturated carbocycles. The van der Waals surface area contributed by atoms with Gasteiger partial charge in [0.1, 0.15) is 0 Å². The second-order valence-electron chi connectivity index (χ2n) is 25.8.